The summed E-state index contributed by atoms with van der Waals surface area (Å²) in [5.41, 5.74) is 1.99. The Bertz CT molecular complexity index is 825. The summed E-state index contributed by atoms with van der Waals surface area (Å²) in [7, 11) is 0. The summed E-state index contributed by atoms with van der Waals surface area (Å²) < 4.78 is 10.6. The molecule has 1 aromatic rings. The summed E-state index contributed by atoms with van der Waals surface area (Å²) in [5.74, 6) is -2.33. The number of carbonyl (C=O) groups is 1. The monoisotopic (exact) mass is 504 g/mol. The van der Waals surface area contributed by atoms with E-state index in [-0.39, 0.29) is 17.9 Å². The van der Waals surface area contributed by atoms with Crippen LogP contribution < -0.4 is 5.43 Å². The third-order valence-corrected chi connectivity index (χ3v) is 5.60. The number of phenols is 1. The quantitative estimate of drug-likeness (QED) is 0.0959. The highest BCUT2D eigenvalue weighted by atomic mass is 16.6. The van der Waals surface area contributed by atoms with Gasteiger partial charge >= 0.3 is 0 Å². The first kappa shape index (κ1) is 29.0. The van der Waals surface area contributed by atoms with E-state index >= 15 is 0 Å². The highest BCUT2D eigenvalue weighted by Gasteiger charge is 2.43. The van der Waals surface area contributed by atoms with Crippen LogP contribution in [0.1, 0.15) is 10.4 Å². The van der Waals surface area contributed by atoms with Crippen molar-refractivity contribution in [2.24, 2.45) is 11.0 Å². The van der Waals surface area contributed by atoms with Gasteiger partial charge in [-0.05, 0) is 12.1 Å². The van der Waals surface area contributed by atoms with E-state index in [2.05, 4.69) is 10.5 Å². The van der Waals surface area contributed by atoms with Gasteiger partial charge in [0.15, 0.2) is 0 Å². The minimum atomic E-state index is -1.72. The number of nitrogens with one attached hydrogen (secondary N) is 1. The zero-order chi connectivity index (χ0) is 26.1. The van der Waals surface area contributed by atoms with E-state index in [9.17, 15) is 50.8 Å². The molecule has 0 saturated carbocycles. The third kappa shape index (κ3) is 7.62. The average molecular weight is 504 g/mol. The molecule has 0 radical (unpaired) electrons. The molecular formula is C21H32N2O12. The van der Waals surface area contributed by atoms with Gasteiger partial charge in [0.2, 0.25) is 0 Å². The highest BCUT2D eigenvalue weighted by molar-refractivity contribution is 5.96. The Labute approximate surface area is 200 Å². The first-order valence-electron chi connectivity index (χ1n) is 10.8. The second kappa shape index (κ2) is 13.7. The molecule has 1 aliphatic heterocycles. The fraction of sp³-hybridized carbons (Fsp3) is 0.619. The minimum absolute atomic E-state index is 0.0742. The standard InChI is InChI=1S/C21H32N2O12/c24-6-14(28)11(8-34-9-16-19(31)20(32)18(30)15(7-25)35-16)17(29)13(27)5-22-23-21(33)10-3-1-2-4-12(10)26/h1-5,11,13-20,24-32H,6-9H2,(H,23,33)/b22-5-/t11-,13+,14+,15-,16+,17-,18+,19-,20+/m1/s1. The van der Waals surface area contributed by atoms with E-state index in [0.29, 0.717) is 0 Å². The zero-order valence-corrected chi connectivity index (χ0v) is 18.6. The number of aromatic hydroxyl groups is 1. The summed E-state index contributed by atoms with van der Waals surface area (Å²) in [5, 5.41) is 92.0. The summed E-state index contributed by atoms with van der Waals surface area (Å²) in [6.45, 7) is -2.26. The summed E-state index contributed by atoms with van der Waals surface area (Å²) in [4.78, 5) is 12.0. The van der Waals surface area contributed by atoms with Gasteiger partial charge < -0.3 is 55.4 Å². The third-order valence-electron chi connectivity index (χ3n) is 5.60. The van der Waals surface area contributed by atoms with Crippen LogP contribution in [0, 0.1) is 5.92 Å². The Morgan fingerprint density at radius 3 is 2.37 bits per heavy atom. The van der Waals surface area contributed by atoms with Crippen LogP contribution in [0.15, 0.2) is 29.4 Å². The number of nitrogens with zero attached hydrogens (tertiary/aromatic N) is 1. The van der Waals surface area contributed by atoms with Crippen molar-refractivity contribution in [3.05, 3.63) is 29.8 Å². The number of aliphatic hydroxyl groups is 8. The lowest BCUT2D eigenvalue weighted by atomic mass is 9.93. The smallest absolute Gasteiger partial charge is 0.275 e. The lowest BCUT2D eigenvalue weighted by molar-refractivity contribution is -0.240. The fourth-order valence-electron chi connectivity index (χ4n) is 3.45. The van der Waals surface area contributed by atoms with Crippen LogP contribution in [-0.4, -0.2) is 133 Å². The molecule has 2 rings (SSSR count). The van der Waals surface area contributed by atoms with Gasteiger partial charge in [0.05, 0.1) is 50.4 Å². The van der Waals surface area contributed by atoms with Crippen LogP contribution in [0.4, 0.5) is 0 Å². The van der Waals surface area contributed by atoms with Crippen molar-refractivity contribution in [1.82, 2.24) is 5.43 Å². The first-order valence-corrected chi connectivity index (χ1v) is 10.8. The molecule has 9 atom stereocenters. The largest absolute Gasteiger partial charge is 0.507 e. The molecule has 1 amide bonds. The fourth-order valence-corrected chi connectivity index (χ4v) is 3.45. The van der Waals surface area contributed by atoms with Crippen LogP contribution in [0.25, 0.3) is 0 Å². The molecule has 10 N–H and O–H groups in total. The molecule has 14 heteroatoms. The zero-order valence-electron chi connectivity index (χ0n) is 18.6. The van der Waals surface area contributed by atoms with Gasteiger partial charge in [0.1, 0.15) is 42.4 Å². The molecule has 0 unspecified atom stereocenters. The van der Waals surface area contributed by atoms with Crippen LogP contribution >= 0.6 is 0 Å². The molecule has 0 spiro atoms. The number of hydrazone groups is 1. The second-order valence-corrected chi connectivity index (χ2v) is 8.04. The lowest BCUT2D eigenvalue weighted by Gasteiger charge is -2.40. The predicted octanol–water partition coefficient (Wildman–Crippen LogP) is -4.34. The van der Waals surface area contributed by atoms with Crippen molar-refractivity contribution in [1.29, 1.82) is 0 Å². The van der Waals surface area contributed by atoms with E-state index in [1.165, 1.54) is 24.3 Å². The highest BCUT2D eigenvalue weighted by Crippen LogP contribution is 2.22. The SMILES string of the molecule is O=C(N/N=C\[C@H](O)[C@H](O)[C@H](COC[C@@H]1O[C@H](CO)[C@H](O)[C@H](O)[C@@H]1O)[C@@H](O)CO)c1ccccc1O. The lowest BCUT2D eigenvalue weighted by Crippen LogP contribution is -2.59. The number of amides is 1. The van der Waals surface area contributed by atoms with Gasteiger partial charge in [-0.3, -0.25) is 4.79 Å². The number of carbonyl (C=O) groups excluding carboxylic acids is 1. The van der Waals surface area contributed by atoms with E-state index in [1.54, 1.807) is 0 Å². The van der Waals surface area contributed by atoms with Crippen molar-refractivity contribution >= 4 is 12.1 Å². The average Bonchev–Trinajstić information content (AvgIpc) is 2.85. The maximum absolute atomic E-state index is 12.0. The number of aliphatic hydroxyl groups excluding tert-OH is 8. The minimum Gasteiger partial charge on any atom is -0.507 e. The Kier molecular flexibility index (Phi) is 11.4. The Balaban J connectivity index is 1.93. The van der Waals surface area contributed by atoms with Crippen molar-refractivity contribution in [3.8, 4) is 5.75 Å². The summed E-state index contributed by atoms with van der Waals surface area (Å²) >= 11 is 0. The normalized spacial score (nSPS) is 28.4. The van der Waals surface area contributed by atoms with Gasteiger partial charge in [-0.2, -0.15) is 5.10 Å². The maximum Gasteiger partial charge on any atom is 0.275 e. The molecule has 198 valence electrons. The van der Waals surface area contributed by atoms with Crippen molar-refractivity contribution in [2.75, 3.05) is 26.4 Å². The van der Waals surface area contributed by atoms with Crippen molar-refractivity contribution in [3.63, 3.8) is 0 Å². The van der Waals surface area contributed by atoms with Crippen LogP contribution in [0.3, 0.4) is 0 Å². The molecule has 35 heavy (non-hydrogen) atoms. The van der Waals surface area contributed by atoms with Gasteiger partial charge in [0, 0.05) is 5.92 Å². The molecule has 0 aromatic heterocycles. The van der Waals surface area contributed by atoms with E-state index in [4.69, 9.17) is 9.47 Å². The number of hydrogen-bond donors (Lipinski definition) is 10. The molecule has 1 saturated heterocycles. The van der Waals surface area contributed by atoms with Crippen molar-refractivity contribution < 1.29 is 60.2 Å². The van der Waals surface area contributed by atoms with Crippen molar-refractivity contribution in [2.45, 2.75) is 48.8 Å². The van der Waals surface area contributed by atoms with E-state index in [1.807, 2.05) is 0 Å². The van der Waals surface area contributed by atoms with Crippen LogP contribution in [-0.2, 0) is 9.47 Å². The molecule has 14 nitrogen and oxygen atoms in total. The van der Waals surface area contributed by atoms with Gasteiger partial charge in [-0.1, -0.05) is 12.1 Å². The molecule has 1 aliphatic rings. The van der Waals surface area contributed by atoms with Gasteiger partial charge in [-0.15, -0.1) is 0 Å². The van der Waals surface area contributed by atoms with Crippen LogP contribution in [0.2, 0.25) is 0 Å². The molecule has 0 aliphatic carbocycles. The van der Waals surface area contributed by atoms with Gasteiger partial charge in [-0.25, -0.2) is 5.43 Å². The molecule has 1 heterocycles. The number of rotatable bonds is 12. The summed E-state index contributed by atoms with van der Waals surface area (Å²) in [6, 6.07) is 5.66. The predicted molar refractivity (Wildman–Crippen MR) is 117 cm³/mol. The van der Waals surface area contributed by atoms with E-state index in [0.717, 1.165) is 6.21 Å². The second-order valence-electron chi connectivity index (χ2n) is 8.04. The topological polar surface area (TPSA) is 242 Å². The number of ether oxygens (including phenoxy) is 2. The number of para-hydroxylation sites is 1. The number of phenolic OH excluding ortho intramolecular Hbond substituents is 1. The Morgan fingerprint density at radius 1 is 1.09 bits per heavy atom. The van der Waals surface area contributed by atoms with E-state index < -0.39 is 80.5 Å². The number of hydrogen-bond acceptors (Lipinski definition) is 13. The maximum atomic E-state index is 12.0. The summed E-state index contributed by atoms with van der Waals surface area (Å²) in [6.07, 6.45) is -11.2. The Morgan fingerprint density at radius 2 is 1.74 bits per heavy atom. The molecule has 0 bridgehead atoms. The molecule has 1 fully saturated rings. The first-order chi connectivity index (χ1) is 16.6. The molecular weight excluding hydrogens is 472 g/mol. The van der Waals surface area contributed by atoms with Crippen LogP contribution in [0.5, 0.6) is 5.75 Å². The number of benzene rings is 1. The van der Waals surface area contributed by atoms with Gasteiger partial charge in [0.25, 0.3) is 5.91 Å². The molecule has 1 aromatic carbocycles. The Hall–Kier alpha value is -2.24.